The van der Waals surface area contributed by atoms with Crippen molar-refractivity contribution >= 4 is 0 Å². The average molecular weight is 285 g/mol. The molecule has 1 saturated carbocycles. The SMILES string of the molecule is CCC1CC(c2ccc3c(c2)OCO3)CN1CC=C1CC1. The van der Waals surface area contributed by atoms with E-state index in [0.29, 0.717) is 12.7 Å². The molecular formula is C18H23NO2. The fourth-order valence-corrected chi connectivity index (χ4v) is 3.56. The highest BCUT2D eigenvalue weighted by atomic mass is 16.7. The van der Waals surface area contributed by atoms with Crippen molar-refractivity contribution in [2.24, 2.45) is 0 Å². The zero-order valence-electron chi connectivity index (χ0n) is 12.7. The van der Waals surface area contributed by atoms with Crippen molar-refractivity contribution in [3.05, 3.63) is 35.4 Å². The molecule has 2 heterocycles. The van der Waals surface area contributed by atoms with Gasteiger partial charge in [0.25, 0.3) is 0 Å². The van der Waals surface area contributed by atoms with Gasteiger partial charge in [-0.25, -0.2) is 0 Å². The maximum atomic E-state index is 5.52. The highest BCUT2D eigenvalue weighted by Crippen LogP contribution is 2.39. The van der Waals surface area contributed by atoms with Gasteiger partial charge in [0.05, 0.1) is 0 Å². The normalized spacial score (nSPS) is 27.2. The number of hydrogen-bond donors (Lipinski definition) is 0. The van der Waals surface area contributed by atoms with Gasteiger partial charge in [-0.1, -0.05) is 24.6 Å². The van der Waals surface area contributed by atoms with E-state index in [1.165, 1.54) is 37.8 Å². The number of ether oxygens (including phenoxy) is 2. The van der Waals surface area contributed by atoms with Crippen molar-refractivity contribution in [1.82, 2.24) is 4.90 Å². The number of likely N-dealkylation sites (tertiary alicyclic amines) is 1. The fraction of sp³-hybridized carbons (Fsp3) is 0.556. The first-order valence-corrected chi connectivity index (χ1v) is 8.15. The molecule has 0 N–H and O–H groups in total. The van der Waals surface area contributed by atoms with Gasteiger partial charge in [0.15, 0.2) is 11.5 Å². The van der Waals surface area contributed by atoms with Gasteiger partial charge in [0.1, 0.15) is 0 Å². The molecule has 0 amide bonds. The first-order chi connectivity index (χ1) is 10.3. The molecule has 4 rings (SSSR count). The van der Waals surface area contributed by atoms with Crippen LogP contribution in [0.5, 0.6) is 11.5 Å². The van der Waals surface area contributed by atoms with E-state index >= 15 is 0 Å². The van der Waals surface area contributed by atoms with Crippen molar-refractivity contribution in [3.8, 4) is 11.5 Å². The molecule has 1 aliphatic carbocycles. The van der Waals surface area contributed by atoms with Crippen molar-refractivity contribution in [1.29, 1.82) is 0 Å². The summed E-state index contributed by atoms with van der Waals surface area (Å²) in [7, 11) is 0. The van der Waals surface area contributed by atoms with Crippen LogP contribution in [0.2, 0.25) is 0 Å². The number of nitrogens with zero attached hydrogens (tertiary/aromatic N) is 1. The Kier molecular flexibility index (Phi) is 3.38. The topological polar surface area (TPSA) is 21.7 Å². The smallest absolute Gasteiger partial charge is 0.231 e. The van der Waals surface area contributed by atoms with Crippen LogP contribution in [-0.2, 0) is 0 Å². The van der Waals surface area contributed by atoms with Crippen molar-refractivity contribution < 1.29 is 9.47 Å². The first-order valence-electron chi connectivity index (χ1n) is 8.15. The predicted molar refractivity (Wildman–Crippen MR) is 82.9 cm³/mol. The molecule has 3 nitrogen and oxygen atoms in total. The maximum absolute atomic E-state index is 5.52. The molecule has 2 aliphatic heterocycles. The lowest BCUT2D eigenvalue weighted by atomic mass is 9.95. The Morgan fingerprint density at radius 1 is 1.24 bits per heavy atom. The van der Waals surface area contributed by atoms with Crippen molar-refractivity contribution in [3.63, 3.8) is 0 Å². The second-order valence-corrected chi connectivity index (χ2v) is 6.42. The molecule has 2 fully saturated rings. The molecule has 3 heteroatoms. The maximum Gasteiger partial charge on any atom is 0.231 e. The standard InChI is InChI=1S/C18H23NO2/c1-2-16-9-15(11-19(16)8-7-13-3-4-13)14-5-6-17-18(10-14)21-12-20-17/h5-7,10,15-16H,2-4,8-9,11-12H2,1H3. The quantitative estimate of drug-likeness (QED) is 0.787. The van der Waals surface area contributed by atoms with Crippen LogP contribution in [-0.4, -0.2) is 30.8 Å². The number of hydrogen-bond acceptors (Lipinski definition) is 3. The predicted octanol–water partition coefficient (Wildman–Crippen LogP) is 3.70. The van der Waals surface area contributed by atoms with Crippen LogP contribution in [0.3, 0.4) is 0 Å². The molecule has 2 atom stereocenters. The first kappa shape index (κ1) is 13.2. The molecule has 112 valence electrons. The van der Waals surface area contributed by atoms with E-state index in [9.17, 15) is 0 Å². The molecule has 21 heavy (non-hydrogen) atoms. The molecule has 0 aromatic heterocycles. The van der Waals surface area contributed by atoms with E-state index in [1.54, 1.807) is 5.57 Å². The van der Waals surface area contributed by atoms with E-state index in [4.69, 9.17) is 9.47 Å². The molecule has 1 saturated heterocycles. The molecular weight excluding hydrogens is 262 g/mol. The van der Waals surface area contributed by atoms with Crippen LogP contribution in [0, 0.1) is 0 Å². The van der Waals surface area contributed by atoms with Crippen LogP contribution >= 0.6 is 0 Å². The lowest BCUT2D eigenvalue weighted by molar-refractivity contribution is 0.174. The van der Waals surface area contributed by atoms with E-state index in [0.717, 1.165) is 24.1 Å². The van der Waals surface area contributed by atoms with Gasteiger partial charge in [0, 0.05) is 19.1 Å². The van der Waals surface area contributed by atoms with Crippen LogP contribution in [0.1, 0.15) is 44.1 Å². The number of allylic oxidation sites excluding steroid dienone is 1. The Bertz CT molecular complexity index is 560. The third-order valence-electron chi connectivity index (χ3n) is 5.02. The Morgan fingerprint density at radius 3 is 2.90 bits per heavy atom. The summed E-state index contributed by atoms with van der Waals surface area (Å²) in [5.74, 6) is 2.43. The van der Waals surface area contributed by atoms with Gasteiger partial charge in [-0.3, -0.25) is 4.90 Å². The average Bonchev–Trinajstić information content (AvgIpc) is 3.07. The zero-order chi connectivity index (χ0) is 14.2. The van der Waals surface area contributed by atoms with E-state index in [1.807, 2.05) is 0 Å². The zero-order valence-corrected chi connectivity index (χ0v) is 12.7. The van der Waals surface area contributed by atoms with E-state index in [-0.39, 0.29) is 0 Å². The molecule has 0 radical (unpaired) electrons. The number of rotatable bonds is 4. The van der Waals surface area contributed by atoms with Crippen LogP contribution in [0.25, 0.3) is 0 Å². The van der Waals surface area contributed by atoms with Gasteiger partial charge in [-0.05, 0) is 49.3 Å². The minimum absolute atomic E-state index is 0.362. The molecule has 1 aromatic carbocycles. The van der Waals surface area contributed by atoms with Crippen molar-refractivity contribution in [2.75, 3.05) is 19.9 Å². The van der Waals surface area contributed by atoms with Gasteiger partial charge in [-0.2, -0.15) is 0 Å². The minimum atomic E-state index is 0.362. The van der Waals surface area contributed by atoms with Gasteiger partial charge in [0.2, 0.25) is 6.79 Å². The summed E-state index contributed by atoms with van der Waals surface area (Å²) in [6.07, 6.45) is 7.61. The molecule has 2 unspecified atom stereocenters. The molecule has 1 aromatic rings. The van der Waals surface area contributed by atoms with E-state index < -0.39 is 0 Å². The van der Waals surface area contributed by atoms with Crippen LogP contribution in [0.4, 0.5) is 0 Å². The largest absolute Gasteiger partial charge is 0.454 e. The lowest BCUT2D eigenvalue weighted by Crippen LogP contribution is -2.29. The highest BCUT2D eigenvalue weighted by Gasteiger charge is 2.32. The van der Waals surface area contributed by atoms with Crippen LogP contribution < -0.4 is 9.47 Å². The second-order valence-electron chi connectivity index (χ2n) is 6.42. The number of fused-ring (bicyclic) bond motifs is 1. The molecule has 0 spiro atoms. The van der Waals surface area contributed by atoms with Crippen molar-refractivity contribution in [2.45, 2.75) is 44.6 Å². The Hall–Kier alpha value is -1.48. The lowest BCUT2D eigenvalue weighted by Gasteiger charge is -2.21. The van der Waals surface area contributed by atoms with Crippen LogP contribution in [0.15, 0.2) is 29.8 Å². The summed E-state index contributed by atoms with van der Waals surface area (Å²) in [6.45, 7) is 4.97. The Balaban J connectivity index is 1.49. The summed E-state index contributed by atoms with van der Waals surface area (Å²) in [4.78, 5) is 2.65. The monoisotopic (exact) mass is 285 g/mol. The second kappa shape index (κ2) is 5.38. The summed E-state index contributed by atoms with van der Waals surface area (Å²) in [6, 6.07) is 7.18. The third-order valence-corrected chi connectivity index (χ3v) is 5.02. The highest BCUT2D eigenvalue weighted by molar-refractivity contribution is 5.45. The van der Waals surface area contributed by atoms with E-state index in [2.05, 4.69) is 36.1 Å². The fourth-order valence-electron chi connectivity index (χ4n) is 3.56. The number of benzene rings is 1. The Morgan fingerprint density at radius 2 is 2.10 bits per heavy atom. The summed E-state index contributed by atoms with van der Waals surface area (Å²) >= 11 is 0. The minimum Gasteiger partial charge on any atom is -0.454 e. The molecule has 3 aliphatic rings. The van der Waals surface area contributed by atoms with Gasteiger partial charge >= 0.3 is 0 Å². The third kappa shape index (κ3) is 2.67. The summed E-state index contributed by atoms with van der Waals surface area (Å²) in [5.41, 5.74) is 3.05. The van der Waals surface area contributed by atoms with Gasteiger partial charge in [-0.15, -0.1) is 0 Å². The Labute approximate surface area is 126 Å². The summed E-state index contributed by atoms with van der Waals surface area (Å²) < 4.78 is 10.9. The van der Waals surface area contributed by atoms with Gasteiger partial charge < -0.3 is 9.47 Å². The summed E-state index contributed by atoms with van der Waals surface area (Å²) in [5, 5.41) is 0. The molecule has 0 bridgehead atoms.